The molecule has 2 heteroatoms. The maximum absolute atomic E-state index is 10.1. The zero-order valence-corrected chi connectivity index (χ0v) is 10.9. The van der Waals surface area contributed by atoms with Crippen molar-refractivity contribution in [2.45, 2.75) is 64.5 Å². The summed E-state index contributed by atoms with van der Waals surface area (Å²) in [7, 11) is 0. The Kier molecular flexibility index (Phi) is 4.26. The van der Waals surface area contributed by atoms with Gasteiger partial charge in [0, 0.05) is 12.6 Å². The SMILES string of the molecule is CC1CCC(O)C(CN2CCCCC2C)C1. The minimum Gasteiger partial charge on any atom is -0.393 e. The van der Waals surface area contributed by atoms with Gasteiger partial charge in [0.2, 0.25) is 0 Å². The molecule has 0 bridgehead atoms. The van der Waals surface area contributed by atoms with E-state index in [1.165, 1.54) is 38.6 Å². The highest BCUT2D eigenvalue weighted by atomic mass is 16.3. The van der Waals surface area contributed by atoms with Gasteiger partial charge in [-0.3, -0.25) is 0 Å². The van der Waals surface area contributed by atoms with E-state index in [9.17, 15) is 5.11 Å². The lowest BCUT2D eigenvalue weighted by Crippen LogP contribution is -2.44. The van der Waals surface area contributed by atoms with Crippen molar-refractivity contribution in [3.05, 3.63) is 0 Å². The van der Waals surface area contributed by atoms with Crippen LogP contribution in [0.3, 0.4) is 0 Å². The van der Waals surface area contributed by atoms with Crippen LogP contribution in [0.25, 0.3) is 0 Å². The maximum atomic E-state index is 10.1. The van der Waals surface area contributed by atoms with E-state index in [4.69, 9.17) is 0 Å². The first kappa shape index (κ1) is 12.4. The molecule has 2 fully saturated rings. The third kappa shape index (κ3) is 2.98. The van der Waals surface area contributed by atoms with Crippen LogP contribution >= 0.6 is 0 Å². The Morgan fingerprint density at radius 1 is 1.12 bits per heavy atom. The van der Waals surface area contributed by atoms with Gasteiger partial charge in [-0.15, -0.1) is 0 Å². The molecule has 16 heavy (non-hydrogen) atoms. The molecule has 0 aromatic rings. The third-order valence-electron chi connectivity index (χ3n) is 4.61. The van der Waals surface area contributed by atoms with E-state index in [1.54, 1.807) is 0 Å². The summed E-state index contributed by atoms with van der Waals surface area (Å²) in [6.45, 7) is 7.06. The first-order valence-electron chi connectivity index (χ1n) is 7.09. The lowest BCUT2D eigenvalue weighted by Gasteiger charge is -2.39. The molecule has 1 aliphatic heterocycles. The summed E-state index contributed by atoms with van der Waals surface area (Å²) in [5.41, 5.74) is 0. The van der Waals surface area contributed by atoms with E-state index in [0.29, 0.717) is 5.92 Å². The van der Waals surface area contributed by atoms with Gasteiger partial charge < -0.3 is 10.0 Å². The first-order valence-corrected chi connectivity index (χ1v) is 7.09. The molecule has 1 saturated carbocycles. The van der Waals surface area contributed by atoms with E-state index in [1.807, 2.05) is 0 Å². The molecule has 4 atom stereocenters. The zero-order valence-electron chi connectivity index (χ0n) is 10.9. The molecule has 2 aliphatic rings. The Balaban J connectivity index is 1.86. The smallest absolute Gasteiger partial charge is 0.0580 e. The van der Waals surface area contributed by atoms with Gasteiger partial charge in [-0.2, -0.15) is 0 Å². The van der Waals surface area contributed by atoms with Crippen molar-refractivity contribution in [2.75, 3.05) is 13.1 Å². The number of aliphatic hydroxyl groups excluding tert-OH is 1. The molecule has 0 radical (unpaired) electrons. The molecule has 2 rings (SSSR count). The molecule has 1 heterocycles. The largest absolute Gasteiger partial charge is 0.393 e. The lowest BCUT2D eigenvalue weighted by atomic mass is 9.79. The number of likely N-dealkylation sites (tertiary alicyclic amines) is 1. The third-order valence-corrected chi connectivity index (χ3v) is 4.61. The molecule has 4 unspecified atom stereocenters. The number of hydrogen-bond donors (Lipinski definition) is 1. The molecule has 0 aromatic carbocycles. The molecule has 0 aromatic heterocycles. The van der Waals surface area contributed by atoms with E-state index >= 15 is 0 Å². The van der Waals surface area contributed by atoms with Gasteiger partial charge in [0.15, 0.2) is 0 Å². The second-order valence-electron chi connectivity index (χ2n) is 6.09. The van der Waals surface area contributed by atoms with Crippen LogP contribution in [0.5, 0.6) is 0 Å². The number of nitrogens with zero attached hydrogens (tertiary/aromatic N) is 1. The van der Waals surface area contributed by atoms with Crippen molar-refractivity contribution >= 4 is 0 Å². The predicted octanol–water partition coefficient (Wildman–Crippen LogP) is 2.66. The molecule has 0 amide bonds. The lowest BCUT2D eigenvalue weighted by molar-refractivity contribution is 0.0169. The maximum Gasteiger partial charge on any atom is 0.0580 e. The van der Waals surface area contributed by atoms with Crippen LogP contribution < -0.4 is 0 Å². The van der Waals surface area contributed by atoms with Crippen molar-refractivity contribution < 1.29 is 5.11 Å². The quantitative estimate of drug-likeness (QED) is 0.781. The van der Waals surface area contributed by atoms with E-state index in [2.05, 4.69) is 18.7 Å². The molecular weight excluding hydrogens is 198 g/mol. The number of rotatable bonds is 2. The molecule has 0 spiro atoms. The Bertz CT molecular complexity index is 219. The second kappa shape index (κ2) is 5.50. The Morgan fingerprint density at radius 3 is 2.69 bits per heavy atom. The Labute approximate surface area is 100 Å². The van der Waals surface area contributed by atoms with Gasteiger partial charge in [0.05, 0.1) is 6.10 Å². The normalized spacial score (nSPS) is 42.2. The summed E-state index contributed by atoms with van der Waals surface area (Å²) >= 11 is 0. The van der Waals surface area contributed by atoms with Crippen LogP contribution in [0.4, 0.5) is 0 Å². The number of piperidine rings is 1. The summed E-state index contributed by atoms with van der Waals surface area (Å²) in [4.78, 5) is 2.61. The Morgan fingerprint density at radius 2 is 1.94 bits per heavy atom. The summed E-state index contributed by atoms with van der Waals surface area (Å²) in [5.74, 6) is 1.35. The van der Waals surface area contributed by atoms with Crippen LogP contribution in [0.15, 0.2) is 0 Å². The van der Waals surface area contributed by atoms with Crippen LogP contribution in [-0.2, 0) is 0 Å². The van der Waals surface area contributed by atoms with E-state index < -0.39 is 0 Å². The zero-order chi connectivity index (χ0) is 11.5. The molecule has 1 N–H and O–H groups in total. The highest BCUT2D eigenvalue weighted by molar-refractivity contribution is 4.83. The molecular formula is C14H27NO. The first-order chi connectivity index (χ1) is 7.66. The average molecular weight is 225 g/mol. The van der Waals surface area contributed by atoms with E-state index in [0.717, 1.165) is 24.9 Å². The standard InChI is InChI=1S/C14H27NO/c1-11-6-7-14(16)13(9-11)10-15-8-4-3-5-12(15)2/h11-14,16H,3-10H2,1-2H3. The molecule has 1 saturated heterocycles. The molecule has 2 nitrogen and oxygen atoms in total. The summed E-state index contributed by atoms with van der Waals surface area (Å²) in [5, 5.41) is 10.1. The van der Waals surface area contributed by atoms with Crippen LogP contribution in [-0.4, -0.2) is 35.2 Å². The predicted molar refractivity (Wildman–Crippen MR) is 67.4 cm³/mol. The number of hydrogen-bond acceptors (Lipinski definition) is 2. The van der Waals surface area contributed by atoms with Gasteiger partial charge in [0.25, 0.3) is 0 Å². The molecule has 1 aliphatic carbocycles. The highest BCUT2D eigenvalue weighted by Crippen LogP contribution is 2.31. The topological polar surface area (TPSA) is 23.5 Å². The number of aliphatic hydroxyl groups is 1. The summed E-state index contributed by atoms with van der Waals surface area (Å²) in [6, 6.07) is 0.734. The van der Waals surface area contributed by atoms with Crippen molar-refractivity contribution in [1.29, 1.82) is 0 Å². The summed E-state index contributed by atoms with van der Waals surface area (Å²) in [6.07, 6.45) is 7.51. The fraction of sp³-hybridized carbons (Fsp3) is 1.00. The van der Waals surface area contributed by atoms with Crippen molar-refractivity contribution in [2.24, 2.45) is 11.8 Å². The highest BCUT2D eigenvalue weighted by Gasteiger charge is 2.30. The van der Waals surface area contributed by atoms with Gasteiger partial charge in [0.1, 0.15) is 0 Å². The van der Waals surface area contributed by atoms with E-state index in [-0.39, 0.29) is 6.10 Å². The average Bonchev–Trinajstić information content (AvgIpc) is 2.27. The van der Waals surface area contributed by atoms with Crippen LogP contribution in [0.2, 0.25) is 0 Å². The fourth-order valence-electron chi connectivity index (χ4n) is 3.41. The van der Waals surface area contributed by atoms with Crippen LogP contribution in [0.1, 0.15) is 52.4 Å². The fourth-order valence-corrected chi connectivity index (χ4v) is 3.41. The molecule has 94 valence electrons. The minimum atomic E-state index is -0.0367. The van der Waals surface area contributed by atoms with Gasteiger partial charge in [-0.05, 0) is 57.4 Å². The monoisotopic (exact) mass is 225 g/mol. The van der Waals surface area contributed by atoms with Gasteiger partial charge in [-0.1, -0.05) is 13.3 Å². The van der Waals surface area contributed by atoms with Crippen LogP contribution in [0, 0.1) is 11.8 Å². The van der Waals surface area contributed by atoms with Crippen molar-refractivity contribution in [3.63, 3.8) is 0 Å². The second-order valence-corrected chi connectivity index (χ2v) is 6.09. The van der Waals surface area contributed by atoms with Gasteiger partial charge in [-0.25, -0.2) is 0 Å². The Hall–Kier alpha value is -0.0800. The summed E-state index contributed by atoms with van der Waals surface area (Å²) < 4.78 is 0. The van der Waals surface area contributed by atoms with Gasteiger partial charge >= 0.3 is 0 Å². The van der Waals surface area contributed by atoms with Crippen molar-refractivity contribution in [3.8, 4) is 0 Å². The van der Waals surface area contributed by atoms with Crippen molar-refractivity contribution in [1.82, 2.24) is 4.90 Å². The minimum absolute atomic E-state index is 0.0367.